The van der Waals surface area contributed by atoms with Crippen LogP contribution in [0.25, 0.3) is 39.5 Å². The lowest BCUT2D eigenvalue weighted by Gasteiger charge is -2.34. The number of pyridine rings is 2. The summed E-state index contributed by atoms with van der Waals surface area (Å²) >= 11 is 0. The Bertz CT molecular complexity index is 1570. The minimum Gasteiger partial charge on any atom is -0.383 e. The number of aromatic nitrogens is 4. The van der Waals surface area contributed by atoms with Gasteiger partial charge < -0.3 is 11.1 Å². The molecule has 7 heteroatoms. The van der Waals surface area contributed by atoms with Gasteiger partial charge in [0.25, 0.3) is 0 Å². The van der Waals surface area contributed by atoms with E-state index in [0.29, 0.717) is 11.4 Å². The van der Waals surface area contributed by atoms with E-state index >= 15 is 0 Å². The zero-order valence-corrected chi connectivity index (χ0v) is 22.6. The van der Waals surface area contributed by atoms with Crippen LogP contribution in [-0.2, 0) is 6.54 Å². The molecule has 39 heavy (non-hydrogen) atoms. The van der Waals surface area contributed by atoms with Gasteiger partial charge in [-0.3, -0.25) is 9.47 Å². The maximum absolute atomic E-state index is 6.30. The van der Waals surface area contributed by atoms with E-state index < -0.39 is 0 Å². The van der Waals surface area contributed by atoms with Gasteiger partial charge in [0.1, 0.15) is 11.3 Å². The fourth-order valence-electron chi connectivity index (χ4n) is 5.43. The van der Waals surface area contributed by atoms with Crippen LogP contribution < -0.4 is 11.1 Å². The Labute approximate surface area is 229 Å². The average molecular weight is 518 g/mol. The van der Waals surface area contributed by atoms with Crippen LogP contribution in [0.5, 0.6) is 0 Å². The van der Waals surface area contributed by atoms with Gasteiger partial charge in [0.2, 0.25) is 0 Å². The molecule has 7 rings (SSSR count). The van der Waals surface area contributed by atoms with E-state index in [0.717, 1.165) is 65.7 Å². The standard InChI is InChI=1S/C30H29N7.C2H6/c31-27-24(7-4-16-32-27)28-35-26-13-12-25(22-5-2-1-3-6-22)34-29(26)37(28)23-10-8-21(9-11-23)19-36-18-17-33-30(20-36)14-15-30;1-2/h1-13,16,33H,14-15,17-20H2,(H2,31,32);1-2H3. The van der Waals surface area contributed by atoms with E-state index in [1.54, 1.807) is 6.20 Å². The number of hydrogen-bond acceptors (Lipinski definition) is 6. The van der Waals surface area contributed by atoms with Crippen molar-refractivity contribution in [3.63, 3.8) is 0 Å². The van der Waals surface area contributed by atoms with Crippen molar-refractivity contribution < 1.29 is 0 Å². The Hall–Kier alpha value is -4.07. The molecule has 0 bridgehead atoms. The highest BCUT2D eigenvalue weighted by atomic mass is 15.2. The van der Waals surface area contributed by atoms with Gasteiger partial charge in [-0.05, 0) is 54.8 Å². The number of fused-ring (bicyclic) bond motifs is 1. The van der Waals surface area contributed by atoms with Crippen molar-refractivity contribution >= 4 is 17.0 Å². The normalized spacial score (nSPS) is 16.2. The van der Waals surface area contributed by atoms with Crippen LogP contribution in [0.1, 0.15) is 32.3 Å². The molecule has 0 unspecified atom stereocenters. The molecule has 4 heterocycles. The first kappa shape index (κ1) is 25.2. The Balaban J connectivity index is 0.00000135. The van der Waals surface area contributed by atoms with Crippen LogP contribution in [-0.4, -0.2) is 49.6 Å². The number of piperazine rings is 1. The van der Waals surface area contributed by atoms with Crippen molar-refractivity contribution in [1.82, 2.24) is 29.7 Å². The van der Waals surface area contributed by atoms with Gasteiger partial charge in [0.05, 0.1) is 11.3 Å². The summed E-state index contributed by atoms with van der Waals surface area (Å²) in [5.41, 5.74) is 13.4. The zero-order valence-electron chi connectivity index (χ0n) is 22.6. The quantitative estimate of drug-likeness (QED) is 0.311. The molecule has 1 saturated heterocycles. The third-order valence-electron chi connectivity index (χ3n) is 7.56. The predicted octanol–water partition coefficient (Wildman–Crippen LogP) is 5.70. The summed E-state index contributed by atoms with van der Waals surface area (Å²) in [5, 5.41) is 3.70. The molecule has 0 radical (unpaired) electrons. The van der Waals surface area contributed by atoms with Crippen LogP contribution in [0.3, 0.4) is 0 Å². The molecule has 3 N–H and O–H groups in total. The van der Waals surface area contributed by atoms with E-state index in [1.165, 1.54) is 18.4 Å². The highest BCUT2D eigenvalue weighted by Crippen LogP contribution is 2.38. The molecule has 2 fully saturated rings. The van der Waals surface area contributed by atoms with Gasteiger partial charge in [0.15, 0.2) is 11.5 Å². The fourth-order valence-corrected chi connectivity index (χ4v) is 5.43. The van der Waals surface area contributed by atoms with Crippen molar-refractivity contribution in [1.29, 1.82) is 0 Å². The number of nitrogens with zero attached hydrogens (tertiary/aromatic N) is 5. The molecule has 1 aliphatic heterocycles. The number of rotatable bonds is 5. The summed E-state index contributed by atoms with van der Waals surface area (Å²) in [4.78, 5) is 16.9. The summed E-state index contributed by atoms with van der Waals surface area (Å²) in [6, 6.07) is 26.9. The Morgan fingerprint density at radius 3 is 2.44 bits per heavy atom. The van der Waals surface area contributed by atoms with E-state index in [-0.39, 0.29) is 0 Å². The third kappa shape index (κ3) is 5.03. The molecule has 5 aromatic rings. The Morgan fingerprint density at radius 1 is 0.897 bits per heavy atom. The molecule has 1 aliphatic carbocycles. The van der Waals surface area contributed by atoms with Crippen molar-refractivity contribution in [3.8, 4) is 28.3 Å². The van der Waals surface area contributed by atoms with Gasteiger partial charge in [-0.2, -0.15) is 0 Å². The molecule has 198 valence electrons. The van der Waals surface area contributed by atoms with E-state index in [2.05, 4.69) is 56.2 Å². The summed E-state index contributed by atoms with van der Waals surface area (Å²) in [6.45, 7) is 8.27. The van der Waals surface area contributed by atoms with Crippen LogP contribution >= 0.6 is 0 Å². The van der Waals surface area contributed by atoms with Crippen molar-refractivity contribution in [3.05, 3.63) is 90.6 Å². The lowest BCUT2D eigenvalue weighted by atomic mass is 10.1. The summed E-state index contributed by atoms with van der Waals surface area (Å²) in [7, 11) is 0. The molecule has 2 aliphatic rings. The summed E-state index contributed by atoms with van der Waals surface area (Å²) < 4.78 is 2.10. The van der Waals surface area contributed by atoms with Crippen LogP contribution in [0, 0.1) is 0 Å². The highest BCUT2D eigenvalue weighted by molar-refractivity contribution is 5.84. The second-order valence-electron chi connectivity index (χ2n) is 10.2. The van der Waals surface area contributed by atoms with Gasteiger partial charge in [-0.1, -0.05) is 56.3 Å². The summed E-state index contributed by atoms with van der Waals surface area (Å²) in [6.07, 6.45) is 4.30. The van der Waals surface area contributed by atoms with Gasteiger partial charge in [-0.15, -0.1) is 0 Å². The Kier molecular flexibility index (Phi) is 6.85. The molecule has 2 aromatic carbocycles. The molecule has 3 aromatic heterocycles. The number of anilines is 1. The minimum absolute atomic E-state index is 0.384. The lowest BCUT2D eigenvalue weighted by Crippen LogP contribution is -2.51. The predicted molar refractivity (Wildman–Crippen MR) is 159 cm³/mol. The number of nitrogen functional groups attached to an aromatic ring is 1. The van der Waals surface area contributed by atoms with Crippen molar-refractivity contribution in [2.75, 3.05) is 25.4 Å². The van der Waals surface area contributed by atoms with E-state index in [4.69, 9.17) is 15.7 Å². The molecule has 7 nitrogen and oxygen atoms in total. The van der Waals surface area contributed by atoms with Crippen molar-refractivity contribution in [2.24, 2.45) is 0 Å². The molecular formula is C32H35N7. The average Bonchev–Trinajstić information content (AvgIpc) is 3.61. The number of nitrogens with two attached hydrogens (primary N) is 1. The SMILES string of the molecule is CC.Nc1ncccc1-c1nc2ccc(-c3ccccc3)nc2n1-c1ccc(CN2CCNC3(CC3)C2)cc1. The first-order valence-electron chi connectivity index (χ1n) is 13.9. The number of nitrogens with one attached hydrogen (secondary N) is 1. The molecular weight excluding hydrogens is 482 g/mol. The highest BCUT2D eigenvalue weighted by Gasteiger charge is 2.45. The first-order valence-corrected chi connectivity index (χ1v) is 13.9. The maximum atomic E-state index is 6.30. The van der Waals surface area contributed by atoms with Crippen LogP contribution in [0.15, 0.2) is 85.1 Å². The number of benzene rings is 2. The van der Waals surface area contributed by atoms with Gasteiger partial charge in [0, 0.05) is 49.2 Å². The van der Waals surface area contributed by atoms with Crippen LogP contribution in [0.2, 0.25) is 0 Å². The van der Waals surface area contributed by atoms with Gasteiger partial charge >= 0.3 is 0 Å². The number of hydrogen-bond donors (Lipinski definition) is 2. The van der Waals surface area contributed by atoms with Gasteiger partial charge in [-0.25, -0.2) is 15.0 Å². The zero-order chi connectivity index (χ0) is 26.8. The van der Waals surface area contributed by atoms with E-state index in [1.807, 2.05) is 56.3 Å². The largest absolute Gasteiger partial charge is 0.383 e. The molecule has 0 atom stereocenters. The lowest BCUT2D eigenvalue weighted by molar-refractivity contribution is 0.182. The molecule has 0 amide bonds. The number of imidazole rings is 1. The topological polar surface area (TPSA) is 84.9 Å². The Morgan fingerprint density at radius 2 is 1.69 bits per heavy atom. The first-order chi connectivity index (χ1) is 19.2. The maximum Gasteiger partial charge on any atom is 0.165 e. The molecule has 1 saturated carbocycles. The van der Waals surface area contributed by atoms with Crippen LogP contribution in [0.4, 0.5) is 5.82 Å². The fraction of sp³-hybridized carbons (Fsp3) is 0.281. The second kappa shape index (κ2) is 10.6. The second-order valence-corrected chi connectivity index (χ2v) is 10.2. The smallest absolute Gasteiger partial charge is 0.165 e. The monoisotopic (exact) mass is 517 g/mol. The minimum atomic E-state index is 0.384. The third-order valence-corrected chi connectivity index (χ3v) is 7.56. The molecule has 1 spiro atoms. The summed E-state index contributed by atoms with van der Waals surface area (Å²) in [5.74, 6) is 1.19. The van der Waals surface area contributed by atoms with E-state index in [9.17, 15) is 0 Å². The van der Waals surface area contributed by atoms with Crippen molar-refractivity contribution in [2.45, 2.75) is 38.8 Å².